The van der Waals surface area contributed by atoms with Crippen molar-refractivity contribution >= 4 is 5.69 Å². The summed E-state index contributed by atoms with van der Waals surface area (Å²) in [5.41, 5.74) is -0.0774. The number of hydrogen-bond acceptors (Lipinski definition) is 6. The fourth-order valence-electron chi connectivity index (χ4n) is 1.69. The van der Waals surface area contributed by atoms with Crippen molar-refractivity contribution in [2.75, 3.05) is 13.2 Å². The van der Waals surface area contributed by atoms with E-state index in [0.717, 1.165) is 18.9 Å². The van der Waals surface area contributed by atoms with Gasteiger partial charge in [-0.1, -0.05) is 0 Å². The lowest BCUT2D eigenvalue weighted by molar-refractivity contribution is -0.385. The molecule has 1 aromatic rings. The fourth-order valence-corrected chi connectivity index (χ4v) is 1.69. The molecule has 0 amide bonds. The van der Waals surface area contributed by atoms with Crippen molar-refractivity contribution in [2.45, 2.75) is 25.0 Å². The summed E-state index contributed by atoms with van der Waals surface area (Å²) in [7, 11) is 0. The first-order chi connectivity index (χ1) is 9.60. The highest BCUT2D eigenvalue weighted by atomic mass is 16.6. The van der Waals surface area contributed by atoms with Gasteiger partial charge < -0.3 is 15.2 Å². The van der Waals surface area contributed by atoms with E-state index in [9.17, 15) is 15.2 Å². The number of benzene rings is 1. The van der Waals surface area contributed by atoms with E-state index in [0.29, 0.717) is 12.6 Å². The maximum Gasteiger partial charge on any atom is 0.312 e. The van der Waals surface area contributed by atoms with Gasteiger partial charge in [-0.05, 0) is 25.0 Å². The van der Waals surface area contributed by atoms with Gasteiger partial charge in [0.15, 0.2) is 5.75 Å². The summed E-state index contributed by atoms with van der Waals surface area (Å²) in [5.74, 6) is 0.0551. The molecule has 0 radical (unpaired) electrons. The summed E-state index contributed by atoms with van der Waals surface area (Å²) < 4.78 is 5.27. The monoisotopic (exact) mass is 277 g/mol. The average Bonchev–Trinajstić information content (AvgIpc) is 3.26. The van der Waals surface area contributed by atoms with Crippen molar-refractivity contribution in [3.63, 3.8) is 0 Å². The van der Waals surface area contributed by atoms with Crippen LogP contribution in [0.1, 0.15) is 18.4 Å². The molecule has 106 valence electrons. The minimum Gasteiger partial charge on any atom is -0.484 e. The van der Waals surface area contributed by atoms with Crippen molar-refractivity contribution in [3.8, 4) is 11.8 Å². The van der Waals surface area contributed by atoms with Crippen LogP contribution in [0.15, 0.2) is 18.2 Å². The summed E-state index contributed by atoms with van der Waals surface area (Å²) in [4.78, 5) is 10.3. The van der Waals surface area contributed by atoms with E-state index in [4.69, 9.17) is 10.00 Å². The molecule has 7 nitrogen and oxygen atoms in total. The second-order valence-electron chi connectivity index (χ2n) is 4.70. The number of aliphatic hydroxyl groups excluding tert-OH is 1. The maximum atomic E-state index is 10.9. The molecule has 0 spiro atoms. The second kappa shape index (κ2) is 6.32. The lowest BCUT2D eigenvalue weighted by atomic mass is 10.2. The van der Waals surface area contributed by atoms with Crippen LogP contribution in [0.3, 0.4) is 0 Å². The molecule has 0 aliphatic heterocycles. The van der Waals surface area contributed by atoms with Crippen LogP contribution in [0.2, 0.25) is 0 Å². The van der Waals surface area contributed by atoms with E-state index in [-0.39, 0.29) is 23.6 Å². The molecule has 0 heterocycles. The molecule has 1 aliphatic carbocycles. The van der Waals surface area contributed by atoms with E-state index in [1.165, 1.54) is 12.1 Å². The molecule has 0 bridgehead atoms. The summed E-state index contributed by atoms with van der Waals surface area (Å²) in [6.45, 7) is 0.362. The molecule has 0 aromatic heterocycles. The zero-order valence-electron chi connectivity index (χ0n) is 10.8. The number of nitriles is 1. The molecular weight excluding hydrogens is 262 g/mol. The Labute approximate surface area is 115 Å². The van der Waals surface area contributed by atoms with Gasteiger partial charge >= 0.3 is 5.69 Å². The Hall–Kier alpha value is -2.17. The highest BCUT2D eigenvalue weighted by Gasteiger charge is 2.22. The van der Waals surface area contributed by atoms with Gasteiger partial charge in [0.05, 0.1) is 16.6 Å². The van der Waals surface area contributed by atoms with Crippen molar-refractivity contribution in [2.24, 2.45) is 0 Å². The maximum absolute atomic E-state index is 10.9. The summed E-state index contributed by atoms with van der Waals surface area (Å²) >= 11 is 0. The first-order valence-corrected chi connectivity index (χ1v) is 6.33. The van der Waals surface area contributed by atoms with Gasteiger partial charge in [-0.15, -0.1) is 0 Å². The Morgan fingerprint density at radius 2 is 2.35 bits per heavy atom. The average molecular weight is 277 g/mol. The van der Waals surface area contributed by atoms with Crippen LogP contribution in [0.25, 0.3) is 0 Å². The van der Waals surface area contributed by atoms with Crippen LogP contribution in [-0.4, -0.2) is 35.3 Å². The van der Waals surface area contributed by atoms with Crippen LogP contribution in [0.4, 0.5) is 5.69 Å². The number of nitro benzene ring substituents is 1. The van der Waals surface area contributed by atoms with Crippen molar-refractivity contribution in [1.82, 2.24) is 5.32 Å². The van der Waals surface area contributed by atoms with E-state index in [1.807, 2.05) is 6.07 Å². The van der Waals surface area contributed by atoms with Gasteiger partial charge in [-0.25, -0.2) is 0 Å². The summed E-state index contributed by atoms with van der Waals surface area (Å²) in [6.07, 6.45) is 1.51. The van der Waals surface area contributed by atoms with Gasteiger partial charge in [0.2, 0.25) is 0 Å². The fraction of sp³-hybridized carbons (Fsp3) is 0.462. The Morgan fingerprint density at radius 1 is 1.60 bits per heavy atom. The highest BCUT2D eigenvalue weighted by Crippen LogP contribution is 2.27. The minimum atomic E-state index is -0.731. The van der Waals surface area contributed by atoms with Crippen LogP contribution in [0.5, 0.6) is 5.75 Å². The first kappa shape index (κ1) is 14.2. The predicted octanol–water partition coefficient (Wildman–Crippen LogP) is 0.958. The summed E-state index contributed by atoms with van der Waals surface area (Å²) in [5, 5.41) is 32.5. The van der Waals surface area contributed by atoms with Crippen LogP contribution < -0.4 is 10.1 Å². The highest BCUT2D eigenvalue weighted by molar-refractivity contribution is 5.51. The normalized spacial score (nSPS) is 15.4. The number of aliphatic hydroxyl groups is 1. The van der Waals surface area contributed by atoms with Crippen molar-refractivity contribution in [3.05, 3.63) is 33.9 Å². The van der Waals surface area contributed by atoms with Crippen molar-refractivity contribution in [1.29, 1.82) is 5.26 Å². The Kier molecular flexibility index (Phi) is 4.50. The van der Waals surface area contributed by atoms with E-state index in [2.05, 4.69) is 5.32 Å². The predicted molar refractivity (Wildman–Crippen MR) is 70.3 cm³/mol. The molecule has 1 atom stereocenters. The quantitative estimate of drug-likeness (QED) is 0.567. The topological polar surface area (TPSA) is 108 Å². The van der Waals surface area contributed by atoms with Gasteiger partial charge in [0.25, 0.3) is 0 Å². The van der Waals surface area contributed by atoms with Crippen LogP contribution in [-0.2, 0) is 0 Å². The number of rotatable bonds is 7. The van der Waals surface area contributed by atoms with Gasteiger partial charge in [0.1, 0.15) is 12.7 Å². The molecule has 1 saturated carbocycles. The van der Waals surface area contributed by atoms with Gasteiger partial charge in [-0.3, -0.25) is 10.1 Å². The zero-order chi connectivity index (χ0) is 14.5. The number of hydrogen-bond donors (Lipinski definition) is 2. The number of ether oxygens (including phenoxy) is 1. The lowest BCUT2D eigenvalue weighted by Crippen LogP contribution is -2.32. The largest absolute Gasteiger partial charge is 0.484 e. The third-order valence-corrected chi connectivity index (χ3v) is 2.94. The minimum absolute atomic E-state index is 0.0353. The van der Waals surface area contributed by atoms with E-state index in [1.54, 1.807) is 0 Å². The Morgan fingerprint density at radius 3 is 2.95 bits per heavy atom. The lowest BCUT2D eigenvalue weighted by Gasteiger charge is -2.13. The van der Waals surface area contributed by atoms with Crippen LogP contribution >= 0.6 is 0 Å². The summed E-state index contributed by atoms with van der Waals surface area (Å²) in [6, 6.07) is 6.29. The second-order valence-corrected chi connectivity index (χ2v) is 4.70. The smallest absolute Gasteiger partial charge is 0.312 e. The van der Waals surface area contributed by atoms with Crippen LogP contribution in [0, 0.1) is 21.4 Å². The number of nitro groups is 1. The number of nitrogens with zero attached hydrogens (tertiary/aromatic N) is 2. The Bertz CT molecular complexity index is 537. The zero-order valence-corrected chi connectivity index (χ0v) is 10.8. The van der Waals surface area contributed by atoms with Gasteiger partial charge in [0, 0.05) is 18.7 Å². The van der Waals surface area contributed by atoms with E-state index < -0.39 is 11.0 Å². The Balaban J connectivity index is 1.93. The standard InChI is InChI=1S/C13H15N3O4/c14-6-9-1-4-13(12(5-9)16(18)19)20-8-11(17)7-15-10-2-3-10/h1,4-5,10-11,15,17H,2-3,7-8H2. The molecule has 20 heavy (non-hydrogen) atoms. The SMILES string of the molecule is N#Cc1ccc(OCC(O)CNC2CC2)c([N+](=O)[O-])c1. The third kappa shape index (κ3) is 3.91. The number of nitrogens with one attached hydrogen (secondary N) is 1. The first-order valence-electron chi connectivity index (χ1n) is 6.33. The third-order valence-electron chi connectivity index (χ3n) is 2.94. The van der Waals surface area contributed by atoms with Crippen molar-refractivity contribution < 1.29 is 14.8 Å². The van der Waals surface area contributed by atoms with E-state index >= 15 is 0 Å². The molecule has 2 rings (SSSR count). The molecular formula is C13H15N3O4. The molecule has 2 N–H and O–H groups in total. The molecule has 1 fully saturated rings. The molecule has 1 unspecified atom stereocenters. The molecule has 1 aliphatic rings. The molecule has 1 aromatic carbocycles. The molecule has 7 heteroatoms. The van der Waals surface area contributed by atoms with Gasteiger partial charge in [-0.2, -0.15) is 5.26 Å². The molecule has 0 saturated heterocycles.